The van der Waals surface area contributed by atoms with Gasteiger partial charge in [-0.2, -0.15) is 0 Å². The molecule has 0 aliphatic rings. The largest absolute Gasteiger partial charge is 0.455 e. The first-order chi connectivity index (χ1) is 27.3. The number of nitrogens with zero attached hydrogens (tertiary/aromatic N) is 3. The molecule has 0 unspecified atom stereocenters. The minimum Gasteiger partial charge on any atom is -0.455 e. The van der Waals surface area contributed by atoms with E-state index in [1.165, 1.54) is 10.8 Å². The van der Waals surface area contributed by atoms with Crippen LogP contribution in [0, 0.1) is 0 Å². The highest BCUT2D eigenvalue weighted by atomic mass is 16.3. The summed E-state index contributed by atoms with van der Waals surface area (Å²) in [7, 11) is 0. The molecule has 11 aromatic rings. The van der Waals surface area contributed by atoms with Gasteiger partial charge in [-0.05, 0) is 61.3 Å². The molecule has 0 saturated carbocycles. The van der Waals surface area contributed by atoms with Crippen LogP contribution in [0.15, 0.2) is 192 Å². The molecule has 0 aliphatic heterocycles. The number of aromatic nitrogens is 3. The van der Waals surface area contributed by atoms with Crippen molar-refractivity contribution in [2.24, 2.45) is 0 Å². The van der Waals surface area contributed by atoms with Crippen LogP contribution in [0.1, 0.15) is 0 Å². The first-order valence-corrected chi connectivity index (χ1v) is 18.5. The van der Waals surface area contributed by atoms with E-state index in [-0.39, 0.29) is 0 Å². The Hall–Kier alpha value is -7.43. The highest BCUT2D eigenvalue weighted by Crippen LogP contribution is 2.46. The fourth-order valence-electron chi connectivity index (χ4n) is 8.08. The molecule has 11 rings (SSSR count). The predicted octanol–water partition coefficient (Wildman–Crippen LogP) is 13.6. The van der Waals surface area contributed by atoms with Crippen LogP contribution in [0.25, 0.3) is 111 Å². The van der Waals surface area contributed by atoms with Gasteiger partial charge < -0.3 is 4.42 Å². The molecule has 4 heteroatoms. The number of furan rings is 1. The van der Waals surface area contributed by atoms with Crippen LogP contribution >= 0.6 is 0 Å². The standard InChI is InChI=1S/C51H31N3O/c1-3-13-32(14-4-1)34-23-27-36(28-24-34)49-52-50(37-29-25-35(26-30-37)33-15-5-2-6-16-33)54-51(53-49)44-31-43-40-19-8-7-17-38(40)39-18-9-10-20-41(39)46(43)48-47(44)42-21-11-12-22-45(42)55-48/h1-31H. The van der Waals surface area contributed by atoms with Crippen molar-refractivity contribution >= 4 is 54.3 Å². The van der Waals surface area contributed by atoms with Crippen LogP contribution in [0.4, 0.5) is 0 Å². The smallest absolute Gasteiger partial charge is 0.164 e. The number of rotatable bonds is 5. The number of para-hydroxylation sites is 1. The quantitative estimate of drug-likeness (QED) is 0.168. The first kappa shape index (κ1) is 31.1. The predicted molar refractivity (Wildman–Crippen MR) is 227 cm³/mol. The van der Waals surface area contributed by atoms with E-state index >= 15 is 0 Å². The Morgan fingerprint density at radius 3 is 1.25 bits per heavy atom. The molecule has 2 aromatic heterocycles. The monoisotopic (exact) mass is 701 g/mol. The summed E-state index contributed by atoms with van der Waals surface area (Å²) >= 11 is 0. The minimum absolute atomic E-state index is 0.593. The van der Waals surface area contributed by atoms with Crippen LogP contribution in [-0.2, 0) is 0 Å². The van der Waals surface area contributed by atoms with Gasteiger partial charge >= 0.3 is 0 Å². The number of hydrogen-bond donors (Lipinski definition) is 0. The first-order valence-electron chi connectivity index (χ1n) is 18.5. The molecular weight excluding hydrogens is 671 g/mol. The van der Waals surface area contributed by atoms with Gasteiger partial charge in [0.2, 0.25) is 0 Å². The molecule has 0 N–H and O–H groups in total. The molecule has 0 spiro atoms. The fraction of sp³-hybridized carbons (Fsp3) is 0. The second kappa shape index (κ2) is 12.6. The zero-order valence-electron chi connectivity index (χ0n) is 29.6. The molecule has 0 radical (unpaired) electrons. The lowest BCUT2D eigenvalue weighted by atomic mass is 9.91. The molecular formula is C51H31N3O. The van der Waals surface area contributed by atoms with E-state index in [2.05, 4.69) is 164 Å². The van der Waals surface area contributed by atoms with Crippen LogP contribution in [0.5, 0.6) is 0 Å². The zero-order valence-corrected chi connectivity index (χ0v) is 29.6. The maximum atomic E-state index is 6.85. The zero-order chi connectivity index (χ0) is 36.3. The van der Waals surface area contributed by atoms with Crippen molar-refractivity contribution < 1.29 is 4.42 Å². The summed E-state index contributed by atoms with van der Waals surface area (Å²) in [6, 6.07) is 65.6. The van der Waals surface area contributed by atoms with Gasteiger partial charge in [-0.15, -0.1) is 0 Å². The van der Waals surface area contributed by atoms with Gasteiger partial charge in [0.05, 0.1) is 0 Å². The van der Waals surface area contributed by atoms with E-state index in [1.807, 2.05) is 24.3 Å². The molecule has 9 aromatic carbocycles. The molecule has 0 fully saturated rings. The van der Waals surface area contributed by atoms with Crippen LogP contribution in [0.2, 0.25) is 0 Å². The summed E-state index contributed by atoms with van der Waals surface area (Å²) in [4.78, 5) is 15.7. The van der Waals surface area contributed by atoms with Crippen molar-refractivity contribution in [2.45, 2.75) is 0 Å². The summed E-state index contributed by atoms with van der Waals surface area (Å²) in [5.74, 6) is 1.81. The number of benzene rings is 9. The van der Waals surface area contributed by atoms with Crippen molar-refractivity contribution in [1.82, 2.24) is 15.0 Å². The van der Waals surface area contributed by atoms with Crippen molar-refractivity contribution in [3.63, 3.8) is 0 Å². The average molecular weight is 702 g/mol. The van der Waals surface area contributed by atoms with E-state index in [9.17, 15) is 0 Å². The minimum atomic E-state index is 0.593. The van der Waals surface area contributed by atoms with Crippen molar-refractivity contribution in [3.8, 4) is 56.4 Å². The highest BCUT2D eigenvalue weighted by Gasteiger charge is 2.23. The SMILES string of the molecule is c1ccc(-c2ccc(-c3nc(-c4ccc(-c5ccccc5)cc4)nc(-c4cc5c6ccccc6c6ccccc6c5c5oc6ccccc6c45)n3)cc2)cc1. The number of fused-ring (bicyclic) bond motifs is 10. The Morgan fingerprint density at radius 2 is 0.691 bits per heavy atom. The van der Waals surface area contributed by atoms with Gasteiger partial charge in [-0.3, -0.25) is 0 Å². The van der Waals surface area contributed by atoms with Crippen LogP contribution in [0.3, 0.4) is 0 Å². The van der Waals surface area contributed by atoms with Crippen molar-refractivity contribution in [2.75, 3.05) is 0 Å². The van der Waals surface area contributed by atoms with Gasteiger partial charge in [0.1, 0.15) is 11.2 Å². The van der Waals surface area contributed by atoms with Crippen molar-refractivity contribution in [3.05, 3.63) is 188 Å². The molecule has 256 valence electrons. The highest BCUT2D eigenvalue weighted by molar-refractivity contribution is 6.34. The molecule has 4 nitrogen and oxygen atoms in total. The Labute approximate surface area is 317 Å². The molecule has 0 bridgehead atoms. The Bertz CT molecular complexity index is 3120. The van der Waals surface area contributed by atoms with Gasteiger partial charge in [-0.1, -0.05) is 176 Å². The molecule has 0 amide bonds. The Morgan fingerprint density at radius 1 is 0.291 bits per heavy atom. The van der Waals surface area contributed by atoms with Crippen LogP contribution in [-0.4, -0.2) is 15.0 Å². The van der Waals surface area contributed by atoms with Crippen LogP contribution < -0.4 is 0 Å². The third-order valence-electron chi connectivity index (χ3n) is 10.7. The number of hydrogen-bond acceptors (Lipinski definition) is 4. The Balaban J connectivity index is 1.19. The lowest BCUT2D eigenvalue weighted by Gasteiger charge is -2.14. The maximum absolute atomic E-state index is 6.85. The summed E-state index contributed by atoms with van der Waals surface area (Å²) < 4.78 is 6.85. The average Bonchev–Trinajstić information content (AvgIpc) is 3.66. The van der Waals surface area contributed by atoms with E-state index < -0.39 is 0 Å². The second-order valence-electron chi connectivity index (χ2n) is 13.9. The molecule has 55 heavy (non-hydrogen) atoms. The van der Waals surface area contributed by atoms with Gasteiger partial charge in [0.15, 0.2) is 17.5 Å². The lowest BCUT2D eigenvalue weighted by Crippen LogP contribution is -2.01. The summed E-state index contributed by atoms with van der Waals surface area (Å²) in [6.07, 6.45) is 0. The van der Waals surface area contributed by atoms with Crippen molar-refractivity contribution in [1.29, 1.82) is 0 Å². The molecule has 0 atom stereocenters. The van der Waals surface area contributed by atoms with E-state index in [0.717, 1.165) is 82.4 Å². The molecule has 0 saturated heterocycles. The summed E-state index contributed by atoms with van der Waals surface area (Å²) in [6.45, 7) is 0. The molecule has 0 aliphatic carbocycles. The third kappa shape index (κ3) is 5.19. The van der Waals surface area contributed by atoms with E-state index in [0.29, 0.717) is 17.5 Å². The van der Waals surface area contributed by atoms with Gasteiger partial charge in [0, 0.05) is 32.8 Å². The summed E-state index contributed by atoms with van der Waals surface area (Å²) in [5.41, 5.74) is 8.98. The third-order valence-corrected chi connectivity index (χ3v) is 10.7. The second-order valence-corrected chi connectivity index (χ2v) is 13.9. The lowest BCUT2D eigenvalue weighted by molar-refractivity contribution is 0.673. The maximum Gasteiger partial charge on any atom is 0.164 e. The fourth-order valence-corrected chi connectivity index (χ4v) is 8.08. The summed E-state index contributed by atoms with van der Waals surface area (Å²) in [5, 5.41) is 8.90. The van der Waals surface area contributed by atoms with Gasteiger partial charge in [-0.25, -0.2) is 15.0 Å². The molecule has 2 heterocycles. The topological polar surface area (TPSA) is 51.8 Å². The normalized spacial score (nSPS) is 11.6. The van der Waals surface area contributed by atoms with E-state index in [1.54, 1.807) is 0 Å². The van der Waals surface area contributed by atoms with Gasteiger partial charge in [0.25, 0.3) is 0 Å². The van der Waals surface area contributed by atoms with E-state index in [4.69, 9.17) is 19.4 Å². The Kier molecular flexibility index (Phi) is 7.14.